The maximum Gasteiger partial charge on any atom is 0.238 e. The Bertz CT molecular complexity index is 247. The third kappa shape index (κ3) is 2.72. The lowest BCUT2D eigenvalue weighted by atomic mass is 10.1. The van der Waals surface area contributed by atoms with Gasteiger partial charge in [0.15, 0.2) is 0 Å². The molecule has 1 aliphatic rings. The van der Waals surface area contributed by atoms with Gasteiger partial charge < -0.3 is 15.7 Å². The number of carbonyl (C=O) groups is 1. The Morgan fingerprint density at radius 2 is 2.57 bits per heavy atom. The molecule has 0 saturated carbocycles. The molecule has 0 aromatic heterocycles. The van der Waals surface area contributed by atoms with Gasteiger partial charge in [-0.3, -0.25) is 4.79 Å². The molecule has 1 aliphatic heterocycles. The van der Waals surface area contributed by atoms with Gasteiger partial charge in [0.25, 0.3) is 0 Å². The Balaban J connectivity index is 2.39. The fourth-order valence-corrected chi connectivity index (χ4v) is 1.45. The van der Waals surface area contributed by atoms with E-state index in [1.165, 1.54) is 0 Å². The lowest BCUT2D eigenvalue weighted by Gasteiger charge is -2.14. The van der Waals surface area contributed by atoms with E-state index in [2.05, 4.69) is 16.6 Å². The number of nitrogens with one attached hydrogen (secondary N) is 2. The second-order valence-electron chi connectivity index (χ2n) is 3.49. The zero-order chi connectivity index (χ0) is 10.6. The van der Waals surface area contributed by atoms with Crippen molar-refractivity contribution >= 4 is 5.91 Å². The van der Waals surface area contributed by atoms with Gasteiger partial charge in [-0.2, -0.15) is 0 Å². The van der Waals surface area contributed by atoms with Crippen molar-refractivity contribution in [2.45, 2.75) is 38.0 Å². The van der Waals surface area contributed by atoms with Crippen molar-refractivity contribution in [2.24, 2.45) is 0 Å². The second-order valence-corrected chi connectivity index (χ2v) is 3.49. The van der Waals surface area contributed by atoms with Crippen LogP contribution in [0.3, 0.4) is 0 Å². The fourth-order valence-electron chi connectivity index (χ4n) is 1.45. The number of aliphatic hydroxyl groups is 1. The van der Waals surface area contributed by atoms with Crippen LogP contribution in [0.15, 0.2) is 0 Å². The van der Waals surface area contributed by atoms with Gasteiger partial charge in [-0.05, 0) is 12.8 Å². The molecule has 1 rings (SSSR count). The van der Waals surface area contributed by atoms with Crippen LogP contribution in [0, 0.1) is 12.3 Å². The average Bonchev–Trinajstić information content (AvgIpc) is 2.61. The molecule has 0 radical (unpaired) electrons. The van der Waals surface area contributed by atoms with Gasteiger partial charge in [-0.15, -0.1) is 6.42 Å². The van der Waals surface area contributed by atoms with E-state index in [-0.39, 0.29) is 18.0 Å². The quantitative estimate of drug-likeness (QED) is 0.520. The summed E-state index contributed by atoms with van der Waals surface area (Å²) >= 11 is 0. The molecular formula is C10H16N2O2. The predicted molar refractivity (Wildman–Crippen MR) is 53.5 cm³/mol. The highest BCUT2D eigenvalue weighted by atomic mass is 16.3. The fraction of sp³-hybridized carbons (Fsp3) is 0.700. The minimum absolute atomic E-state index is 0.119. The van der Waals surface area contributed by atoms with Gasteiger partial charge in [0.2, 0.25) is 5.91 Å². The number of amides is 1. The van der Waals surface area contributed by atoms with Crippen LogP contribution < -0.4 is 10.6 Å². The molecule has 14 heavy (non-hydrogen) atoms. The van der Waals surface area contributed by atoms with Gasteiger partial charge in [0.1, 0.15) is 0 Å². The molecule has 0 aromatic rings. The zero-order valence-corrected chi connectivity index (χ0v) is 8.29. The molecule has 1 heterocycles. The van der Waals surface area contributed by atoms with Crippen LogP contribution in [0.25, 0.3) is 0 Å². The number of hydrogen-bond acceptors (Lipinski definition) is 3. The first-order valence-corrected chi connectivity index (χ1v) is 4.85. The summed E-state index contributed by atoms with van der Waals surface area (Å²) in [4.78, 5) is 11.5. The monoisotopic (exact) mass is 196 g/mol. The molecule has 0 spiro atoms. The van der Waals surface area contributed by atoms with E-state index in [0.29, 0.717) is 13.0 Å². The standard InChI is InChI=1S/C10H16N2O2/c1-3-7(4-2)12-10(14)9-5-8(13)6-11-9/h1,7-9,11,13H,4-6H2,2H3,(H,12,14). The van der Waals surface area contributed by atoms with Gasteiger partial charge in [-0.25, -0.2) is 0 Å². The highest BCUT2D eigenvalue weighted by molar-refractivity contribution is 5.82. The van der Waals surface area contributed by atoms with Crippen molar-refractivity contribution in [3.63, 3.8) is 0 Å². The SMILES string of the molecule is C#CC(CC)NC(=O)C1CC(O)CN1. The molecule has 0 bridgehead atoms. The second kappa shape index (κ2) is 4.99. The number of β-amino-alcohol motifs (C(OH)–C–C–N with tert-alkyl or cyclic N) is 1. The molecule has 0 aromatic carbocycles. The number of rotatable bonds is 3. The van der Waals surface area contributed by atoms with E-state index in [4.69, 9.17) is 6.42 Å². The minimum Gasteiger partial charge on any atom is -0.392 e. The first-order valence-electron chi connectivity index (χ1n) is 4.85. The summed E-state index contributed by atoms with van der Waals surface area (Å²) < 4.78 is 0. The Morgan fingerprint density at radius 1 is 1.86 bits per heavy atom. The molecular weight excluding hydrogens is 180 g/mol. The van der Waals surface area contributed by atoms with E-state index >= 15 is 0 Å². The van der Waals surface area contributed by atoms with Crippen LogP contribution in [0.1, 0.15) is 19.8 Å². The summed E-state index contributed by atoms with van der Waals surface area (Å²) in [7, 11) is 0. The van der Waals surface area contributed by atoms with Gasteiger partial charge in [0, 0.05) is 6.54 Å². The molecule has 1 saturated heterocycles. The zero-order valence-electron chi connectivity index (χ0n) is 8.29. The number of terminal acetylenes is 1. The molecule has 3 N–H and O–H groups in total. The molecule has 1 amide bonds. The van der Waals surface area contributed by atoms with Gasteiger partial charge >= 0.3 is 0 Å². The van der Waals surface area contributed by atoms with Crippen LogP contribution >= 0.6 is 0 Å². The summed E-state index contributed by atoms with van der Waals surface area (Å²) in [6, 6.07) is -0.505. The van der Waals surface area contributed by atoms with Crippen LogP contribution in [-0.4, -0.2) is 35.7 Å². The van der Waals surface area contributed by atoms with Crippen molar-refractivity contribution in [2.75, 3.05) is 6.54 Å². The topological polar surface area (TPSA) is 61.4 Å². The third-order valence-corrected chi connectivity index (χ3v) is 2.35. The summed E-state index contributed by atoms with van der Waals surface area (Å²) in [5.74, 6) is 2.38. The van der Waals surface area contributed by atoms with Crippen LogP contribution in [-0.2, 0) is 4.79 Å². The molecule has 4 nitrogen and oxygen atoms in total. The molecule has 3 atom stereocenters. The Labute approximate surface area is 84.1 Å². The first kappa shape index (κ1) is 11.0. The van der Waals surface area contributed by atoms with Crippen molar-refractivity contribution < 1.29 is 9.90 Å². The summed E-state index contributed by atoms with van der Waals surface area (Å²) in [5.41, 5.74) is 0. The van der Waals surface area contributed by atoms with Crippen molar-refractivity contribution in [3.05, 3.63) is 0 Å². The molecule has 4 heteroatoms. The van der Waals surface area contributed by atoms with Crippen LogP contribution in [0.4, 0.5) is 0 Å². The Hall–Kier alpha value is -1.05. The molecule has 3 unspecified atom stereocenters. The predicted octanol–water partition coefficient (Wildman–Crippen LogP) is -0.763. The van der Waals surface area contributed by atoms with E-state index in [1.807, 2.05) is 6.92 Å². The third-order valence-electron chi connectivity index (χ3n) is 2.35. The van der Waals surface area contributed by atoms with E-state index in [9.17, 15) is 9.90 Å². The normalized spacial score (nSPS) is 28.1. The van der Waals surface area contributed by atoms with Crippen LogP contribution in [0.2, 0.25) is 0 Å². The molecule has 78 valence electrons. The summed E-state index contributed by atoms with van der Waals surface area (Å²) in [6.45, 7) is 2.40. The van der Waals surface area contributed by atoms with E-state index in [0.717, 1.165) is 6.42 Å². The summed E-state index contributed by atoms with van der Waals surface area (Å²) in [6.07, 6.45) is 5.99. The van der Waals surface area contributed by atoms with E-state index in [1.54, 1.807) is 0 Å². The minimum atomic E-state index is -0.420. The first-order chi connectivity index (χ1) is 6.67. The maximum atomic E-state index is 11.5. The Kier molecular flexibility index (Phi) is 3.93. The van der Waals surface area contributed by atoms with Gasteiger partial charge in [0.05, 0.1) is 18.2 Å². The maximum absolute atomic E-state index is 11.5. The lowest BCUT2D eigenvalue weighted by molar-refractivity contribution is -0.123. The van der Waals surface area contributed by atoms with Crippen molar-refractivity contribution in [3.8, 4) is 12.3 Å². The van der Waals surface area contributed by atoms with Gasteiger partial charge in [-0.1, -0.05) is 12.8 Å². The van der Waals surface area contributed by atoms with Crippen molar-refractivity contribution in [1.29, 1.82) is 0 Å². The number of aliphatic hydroxyl groups excluding tert-OH is 1. The number of hydrogen-bond donors (Lipinski definition) is 3. The Morgan fingerprint density at radius 3 is 3.00 bits per heavy atom. The van der Waals surface area contributed by atoms with Crippen LogP contribution in [0.5, 0.6) is 0 Å². The molecule has 1 fully saturated rings. The summed E-state index contributed by atoms with van der Waals surface area (Å²) in [5, 5.41) is 14.9. The van der Waals surface area contributed by atoms with Crippen molar-refractivity contribution in [1.82, 2.24) is 10.6 Å². The smallest absolute Gasteiger partial charge is 0.238 e. The highest BCUT2D eigenvalue weighted by Gasteiger charge is 2.28. The van der Waals surface area contributed by atoms with E-state index < -0.39 is 6.10 Å². The highest BCUT2D eigenvalue weighted by Crippen LogP contribution is 2.06. The largest absolute Gasteiger partial charge is 0.392 e. The lowest BCUT2D eigenvalue weighted by Crippen LogP contribution is -2.44. The average molecular weight is 196 g/mol. The number of carbonyl (C=O) groups excluding carboxylic acids is 1. The molecule has 0 aliphatic carbocycles.